The zero-order valence-electron chi connectivity index (χ0n) is 12.4. The molecule has 1 aromatic rings. The second kappa shape index (κ2) is 6.45. The van der Waals surface area contributed by atoms with Gasteiger partial charge in [0.15, 0.2) is 0 Å². The quantitative estimate of drug-likeness (QED) is 0.909. The summed E-state index contributed by atoms with van der Waals surface area (Å²) in [6, 6.07) is 5.94. The summed E-state index contributed by atoms with van der Waals surface area (Å²) in [6.45, 7) is 9.01. The van der Waals surface area contributed by atoms with Crippen molar-refractivity contribution in [3.05, 3.63) is 29.3 Å². The van der Waals surface area contributed by atoms with E-state index in [1.807, 2.05) is 12.1 Å². The Bertz CT molecular complexity index is 436. The Kier molecular flexibility index (Phi) is 5.21. The number of methoxy groups -OCH3 is 1. The molecule has 1 N–H and O–H groups in total. The number of carbonyl (C=O) groups excluding carboxylic acids is 1. The molecule has 0 spiro atoms. The predicted molar refractivity (Wildman–Crippen MR) is 75.6 cm³/mol. The summed E-state index contributed by atoms with van der Waals surface area (Å²) >= 11 is 0. The lowest BCUT2D eigenvalue weighted by Gasteiger charge is -2.23. The third-order valence-corrected chi connectivity index (χ3v) is 2.78. The molecule has 19 heavy (non-hydrogen) atoms. The number of carbonyl (C=O) groups is 1. The highest BCUT2D eigenvalue weighted by Crippen LogP contribution is 2.31. The van der Waals surface area contributed by atoms with Crippen molar-refractivity contribution in [3.63, 3.8) is 0 Å². The van der Waals surface area contributed by atoms with Gasteiger partial charge in [0, 0.05) is 6.54 Å². The maximum Gasteiger partial charge on any atom is 0.407 e. The first-order valence-electron chi connectivity index (χ1n) is 6.46. The number of hydrogen-bond donors (Lipinski definition) is 1. The van der Waals surface area contributed by atoms with Crippen LogP contribution >= 0.6 is 0 Å². The van der Waals surface area contributed by atoms with E-state index >= 15 is 0 Å². The van der Waals surface area contributed by atoms with E-state index in [1.54, 1.807) is 14.0 Å². The van der Waals surface area contributed by atoms with Gasteiger partial charge in [-0.25, -0.2) is 4.79 Å². The highest BCUT2D eigenvalue weighted by atomic mass is 16.5. The van der Waals surface area contributed by atoms with Crippen molar-refractivity contribution in [2.45, 2.75) is 39.7 Å². The van der Waals surface area contributed by atoms with Gasteiger partial charge < -0.3 is 14.8 Å². The number of amides is 1. The largest absolute Gasteiger partial charge is 0.496 e. The van der Waals surface area contributed by atoms with Crippen molar-refractivity contribution in [2.75, 3.05) is 13.7 Å². The molecular weight excluding hydrogens is 242 g/mol. The Morgan fingerprint density at radius 2 is 2.00 bits per heavy atom. The second-order valence-corrected chi connectivity index (χ2v) is 5.36. The van der Waals surface area contributed by atoms with Crippen LogP contribution in [-0.2, 0) is 16.7 Å². The van der Waals surface area contributed by atoms with E-state index in [2.05, 4.69) is 32.2 Å². The first-order valence-corrected chi connectivity index (χ1v) is 6.46. The van der Waals surface area contributed by atoms with E-state index in [-0.39, 0.29) is 5.41 Å². The summed E-state index contributed by atoms with van der Waals surface area (Å²) in [6.07, 6.45) is -0.393. The minimum Gasteiger partial charge on any atom is -0.496 e. The molecule has 0 aromatic heterocycles. The number of hydrogen-bond acceptors (Lipinski definition) is 3. The number of benzene rings is 1. The molecule has 1 aromatic carbocycles. The van der Waals surface area contributed by atoms with Crippen LogP contribution in [0, 0.1) is 0 Å². The number of ether oxygens (including phenoxy) is 2. The fourth-order valence-electron chi connectivity index (χ4n) is 1.81. The van der Waals surface area contributed by atoms with E-state index in [1.165, 1.54) is 0 Å². The van der Waals surface area contributed by atoms with Gasteiger partial charge >= 0.3 is 6.09 Å². The number of alkyl carbamates (subject to hydrolysis) is 1. The molecule has 4 nitrogen and oxygen atoms in total. The lowest BCUT2D eigenvalue weighted by atomic mass is 9.85. The van der Waals surface area contributed by atoms with Gasteiger partial charge in [0.1, 0.15) is 5.75 Å². The van der Waals surface area contributed by atoms with Crippen molar-refractivity contribution in [1.29, 1.82) is 0 Å². The Labute approximate surface area is 115 Å². The molecule has 0 heterocycles. The van der Waals surface area contributed by atoms with Gasteiger partial charge in [-0.1, -0.05) is 26.8 Å². The predicted octanol–water partition coefficient (Wildman–Crippen LogP) is 3.24. The Hall–Kier alpha value is -1.71. The summed E-state index contributed by atoms with van der Waals surface area (Å²) in [5.41, 5.74) is 2.14. The Balaban J connectivity index is 2.84. The smallest absolute Gasteiger partial charge is 0.407 e. The van der Waals surface area contributed by atoms with E-state index in [0.29, 0.717) is 13.2 Å². The van der Waals surface area contributed by atoms with Crippen LogP contribution in [0.5, 0.6) is 5.75 Å². The first kappa shape index (κ1) is 15.3. The fraction of sp³-hybridized carbons (Fsp3) is 0.533. The van der Waals surface area contributed by atoms with E-state index < -0.39 is 6.09 Å². The molecule has 0 fully saturated rings. The van der Waals surface area contributed by atoms with Gasteiger partial charge in [-0.3, -0.25) is 0 Å². The van der Waals surface area contributed by atoms with E-state index in [4.69, 9.17) is 9.47 Å². The highest BCUT2D eigenvalue weighted by molar-refractivity contribution is 5.67. The van der Waals surface area contributed by atoms with E-state index in [0.717, 1.165) is 16.9 Å². The fourth-order valence-corrected chi connectivity index (χ4v) is 1.81. The molecule has 0 aliphatic carbocycles. The topological polar surface area (TPSA) is 47.6 Å². The minimum atomic E-state index is -0.393. The molecule has 0 aliphatic heterocycles. The molecule has 0 aliphatic rings. The van der Waals surface area contributed by atoms with Crippen molar-refractivity contribution in [2.24, 2.45) is 0 Å². The van der Waals surface area contributed by atoms with Gasteiger partial charge in [-0.15, -0.1) is 0 Å². The SMILES string of the molecule is CCOC(=O)NCc1ccc(OC)c(C(C)(C)C)c1. The van der Waals surface area contributed by atoms with Crippen LogP contribution in [0.15, 0.2) is 18.2 Å². The van der Waals surface area contributed by atoms with Gasteiger partial charge in [0.05, 0.1) is 13.7 Å². The molecule has 0 saturated heterocycles. The molecule has 4 heteroatoms. The molecule has 0 saturated carbocycles. The van der Waals surface area contributed by atoms with Crippen LogP contribution in [0.2, 0.25) is 0 Å². The molecule has 106 valence electrons. The number of nitrogens with one attached hydrogen (secondary N) is 1. The van der Waals surface area contributed by atoms with Crippen LogP contribution in [0.3, 0.4) is 0 Å². The molecular formula is C15H23NO3. The van der Waals surface area contributed by atoms with Crippen LogP contribution in [0.4, 0.5) is 4.79 Å². The first-order chi connectivity index (χ1) is 8.88. The normalized spacial score (nSPS) is 11.0. The van der Waals surface area contributed by atoms with Crippen molar-refractivity contribution in [3.8, 4) is 5.75 Å². The highest BCUT2D eigenvalue weighted by Gasteiger charge is 2.19. The zero-order chi connectivity index (χ0) is 14.5. The zero-order valence-corrected chi connectivity index (χ0v) is 12.4. The molecule has 0 radical (unpaired) electrons. The van der Waals surface area contributed by atoms with Gasteiger partial charge in [-0.2, -0.15) is 0 Å². The van der Waals surface area contributed by atoms with Gasteiger partial charge in [0.25, 0.3) is 0 Å². The van der Waals surface area contributed by atoms with Crippen LogP contribution < -0.4 is 10.1 Å². The monoisotopic (exact) mass is 265 g/mol. The molecule has 0 atom stereocenters. The molecule has 1 amide bonds. The van der Waals surface area contributed by atoms with Crippen LogP contribution in [-0.4, -0.2) is 19.8 Å². The summed E-state index contributed by atoms with van der Waals surface area (Å²) in [7, 11) is 1.67. The van der Waals surface area contributed by atoms with Gasteiger partial charge in [0.2, 0.25) is 0 Å². The third kappa shape index (κ3) is 4.47. The summed E-state index contributed by atoms with van der Waals surface area (Å²) < 4.78 is 10.2. The summed E-state index contributed by atoms with van der Waals surface area (Å²) in [5, 5.41) is 2.71. The average Bonchev–Trinajstić information content (AvgIpc) is 2.35. The lowest BCUT2D eigenvalue weighted by molar-refractivity contribution is 0.151. The van der Waals surface area contributed by atoms with Crippen molar-refractivity contribution in [1.82, 2.24) is 5.32 Å². The van der Waals surface area contributed by atoms with Crippen molar-refractivity contribution < 1.29 is 14.3 Å². The maximum atomic E-state index is 11.3. The second-order valence-electron chi connectivity index (χ2n) is 5.36. The summed E-state index contributed by atoms with van der Waals surface area (Å²) in [5.74, 6) is 0.868. The molecule has 1 rings (SSSR count). The van der Waals surface area contributed by atoms with Crippen LogP contribution in [0.25, 0.3) is 0 Å². The molecule has 0 bridgehead atoms. The average molecular weight is 265 g/mol. The standard InChI is InChI=1S/C15H23NO3/c1-6-19-14(17)16-10-11-7-8-13(18-5)12(9-11)15(2,3)4/h7-9H,6,10H2,1-5H3,(H,16,17). The number of rotatable bonds is 4. The van der Waals surface area contributed by atoms with E-state index in [9.17, 15) is 4.79 Å². The lowest BCUT2D eigenvalue weighted by Crippen LogP contribution is -2.24. The Morgan fingerprint density at radius 3 is 2.53 bits per heavy atom. The minimum absolute atomic E-state index is 0.00865. The Morgan fingerprint density at radius 1 is 1.32 bits per heavy atom. The van der Waals surface area contributed by atoms with Crippen LogP contribution in [0.1, 0.15) is 38.8 Å². The van der Waals surface area contributed by atoms with Crippen molar-refractivity contribution >= 4 is 6.09 Å². The molecule has 0 unspecified atom stereocenters. The maximum absolute atomic E-state index is 11.3. The van der Waals surface area contributed by atoms with Gasteiger partial charge in [-0.05, 0) is 35.6 Å². The summed E-state index contributed by atoms with van der Waals surface area (Å²) in [4.78, 5) is 11.3. The third-order valence-electron chi connectivity index (χ3n) is 2.78.